The van der Waals surface area contributed by atoms with Crippen LogP contribution < -0.4 is 4.72 Å². The molecule has 2 rings (SSSR count). The molecular formula is C13H16ClN3O3S. The normalized spacial score (nSPS) is 11.6. The highest BCUT2D eigenvalue weighted by Gasteiger charge is 2.18. The first kappa shape index (κ1) is 15.8. The summed E-state index contributed by atoms with van der Waals surface area (Å²) in [4.78, 5) is 0.0537. The minimum absolute atomic E-state index is 0.0269. The maximum absolute atomic E-state index is 12.3. The van der Waals surface area contributed by atoms with Crippen molar-refractivity contribution in [1.82, 2.24) is 9.78 Å². The molecule has 0 saturated heterocycles. The molecule has 1 aromatic heterocycles. The molecule has 114 valence electrons. The van der Waals surface area contributed by atoms with E-state index >= 15 is 0 Å². The summed E-state index contributed by atoms with van der Waals surface area (Å²) in [6.45, 7) is 2.33. The van der Waals surface area contributed by atoms with Gasteiger partial charge in [0.25, 0.3) is 10.0 Å². The molecular weight excluding hydrogens is 314 g/mol. The van der Waals surface area contributed by atoms with Crippen LogP contribution in [0, 0.1) is 6.92 Å². The molecule has 0 unspecified atom stereocenters. The highest BCUT2D eigenvalue weighted by molar-refractivity contribution is 7.92. The zero-order valence-electron chi connectivity index (χ0n) is 11.5. The molecule has 0 bridgehead atoms. The second-order valence-electron chi connectivity index (χ2n) is 4.61. The molecule has 0 aliphatic rings. The van der Waals surface area contributed by atoms with E-state index in [0.29, 0.717) is 23.7 Å². The summed E-state index contributed by atoms with van der Waals surface area (Å²) in [5.41, 5.74) is 1.23. The number of aromatic nitrogens is 2. The second-order valence-corrected chi connectivity index (χ2v) is 6.69. The summed E-state index contributed by atoms with van der Waals surface area (Å²) < 4.78 is 28.5. The van der Waals surface area contributed by atoms with Gasteiger partial charge in [-0.1, -0.05) is 17.7 Å². The van der Waals surface area contributed by atoms with Crippen LogP contribution in [0.2, 0.25) is 5.02 Å². The van der Waals surface area contributed by atoms with E-state index in [9.17, 15) is 8.42 Å². The number of nitrogens with one attached hydrogen (secondary N) is 1. The number of anilines is 1. The van der Waals surface area contributed by atoms with E-state index in [4.69, 9.17) is 16.7 Å². The number of nitrogens with zero attached hydrogens (tertiary/aromatic N) is 2. The van der Waals surface area contributed by atoms with Crippen molar-refractivity contribution in [2.75, 3.05) is 11.3 Å². The molecule has 0 radical (unpaired) electrons. The van der Waals surface area contributed by atoms with Crippen molar-refractivity contribution in [2.45, 2.75) is 24.8 Å². The first-order valence-electron chi connectivity index (χ1n) is 6.34. The summed E-state index contributed by atoms with van der Waals surface area (Å²) in [5, 5.41) is 13.0. The van der Waals surface area contributed by atoms with E-state index in [1.165, 1.54) is 17.1 Å². The van der Waals surface area contributed by atoms with Crippen molar-refractivity contribution >= 4 is 27.3 Å². The lowest BCUT2D eigenvalue weighted by Gasteiger charge is -2.08. The molecule has 0 atom stereocenters. The molecule has 0 spiro atoms. The molecule has 0 aliphatic carbocycles. The summed E-state index contributed by atoms with van der Waals surface area (Å²) >= 11 is 5.99. The zero-order valence-corrected chi connectivity index (χ0v) is 13.0. The highest BCUT2D eigenvalue weighted by atomic mass is 35.5. The van der Waals surface area contributed by atoms with Gasteiger partial charge in [-0.15, -0.1) is 0 Å². The van der Waals surface area contributed by atoms with Gasteiger partial charge in [0.05, 0.1) is 16.9 Å². The lowest BCUT2D eigenvalue weighted by molar-refractivity contribution is 0.277. The predicted octanol–water partition coefficient (Wildman–Crippen LogP) is 2.03. The van der Waals surface area contributed by atoms with Crippen LogP contribution in [0.1, 0.15) is 12.0 Å². The van der Waals surface area contributed by atoms with Crippen LogP contribution in [0.15, 0.2) is 35.5 Å². The third kappa shape index (κ3) is 3.96. The molecule has 21 heavy (non-hydrogen) atoms. The second kappa shape index (κ2) is 6.46. The fourth-order valence-electron chi connectivity index (χ4n) is 1.76. The van der Waals surface area contributed by atoms with Crippen LogP contribution in [-0.4, -0.2) is 29.9 Å². The Hall–Kier alpha value is -1.57. The molecule has 0 amide bonds. The Morgan fingerprint density at radius 1 is 1.43 bits per heavy atom. The lowest BCUT2D eigenvalue weighted by Crippen LogP contribution is -2.13. The Balaban J connectivity index is 2.22. The van der Waals surface area contributed by atoms with Gasteiger partial charge in [-0.25, -0.2) is 8.42 Å². The number of aryl methyl sites for hydroxylation is 2. The summed E-state index contributed by atoms with van der Waals surface area (Å²) in [6.07, 6.45) is 3.20. The van der Waals surface area contributed by atoms with E-state index in [-0.39, 0.29) is 11.5 Å². The van der Waals surface area contributed by atoms with E-state index in [1.807, 2.05) is 6.92 Å². The maximum atomic E-state index is 12.3. The van der Waals surface area contributed by atoms with Gasteiger partial charge < -0.3 is 5.11 Å². The van der Waals surface area contributed by atoms with Crippen molar-refractivity contribution < 1.29 is 13.5 Å². The number of aliphatic hydroxyl groups is 1. The van der Waals surface area contributed by atoms with Gasteiger partial charge in [0.1, 0.15) is 4.90 Å². The van der Waals surface area contributed by atoms with Crippen LogP contribution in [0.4, 0.5) is 5.69 Å². The van der Waals surface area contributed by atoms with Gasteiger partial charge in [-0.05, 0) is 31.0 Å². The molecule has 0 aliphatic heterocycles. The van der Waals surface area contributed by atoms with E-state index in [2.05, 4.69) is 9.82 Å². The van der Waals surface area contributed by atoms with Gasteiger partial charge in [0.15, 0.2) is 0 Å². The average Bonchev–Trinajstić information content (AvgIpc) is 2.90. The van der Waals surface area contributed by atoms with Crippen LogP contribution in [0.3, 0.4) is 0 Å². The van der Waals surface area contributed by atoms with Crippen molar-refractivity contribution in [2.24, 2.45) is 0 Å². The largest absolute Gasteiger partial charge is 0.396 e. The smallest absolute Gasteiger partial charge is 0.265 e. The van der Waals surface area contributed by atoms with Gasteiger partial charge in [0, 0.05) is 19.3 Å². The van der Waals surface area contributed by atoms with Gasteiger partial charge in [0.2, 0.25) is 0 Å². The number of hydrogen-bond donors (Lipinski definition) is 2. The zero-order chi connectivity index (χ0) is 15.5. The fraction of sp³-hybridized carbons (Fsp3) is 0.308. The van der Waals surface area contributed by atoms with Gasteiger partial charge >= 0.3 is 0 Å². The Morgan fingerprint density at radius 2 is 2.19 bits per heavy atom. The van der Waals surface area contributed by atoms with E-state index in [1.54, 1.807) is 18.2 Å². The molecule has 2 N–H and O–H groups in total. The summed E-state index contributed by atoms with van der Waals surface area (Å²) in [7, 11) is -3.74. The number of aliphatic hydroxyl groups excluding tert-OH is 1. The van der Waals surface area contributed by atoms with Gasteiger partial charge in [-0.3, -0.25) is 9.40 Å². The minimum atomic E-state index is -3.74. The topological polar surface area (TPSA) is 84.2 Å². The van der Waals surface area contributed by atoms with Crippen molar-refractivity contribution in [3.05, 3.63) is 41.2 Å². The molecule has 0 fully saturated rings. The monoisotopic (exact) mass is 329 g/mol. The molecule has 2 aromatic rings. The number of halogens is 1. The first-order chi connectivity index (χ1) is 9.92. The quantitative estimate of drug-likeness (QED) is 0.849. The molecule has 1 heterocycles. The van der Waals surface area contributed by atoms with Crippen LogP contribution in [-0.2, 0) is 16.6 Å². The molecule has 8 heteroatoms. The summed E-state index contributed by atoms with van der Waals surface area (Å²) in [6, 6.07) is 5.10. The van der Waals surface area contributed by atoms with E-state index in [0.717, 1.165) is 5.56 Å². The van der Waals surface area contributed by atoms with Gasteiger partial charge in [-0.2, -0.15) is 5.10 Å². The highest BCUT2D eigenvalue weighted by Crippen LogP contribution is 2.25. The number of sulfonamides is 1. The summed E-state index contributed by atoms with van der Waals surface area (Å²) in [5.74, 6) is 0. The molecule has 1 aromatic carbocycles. The van der Waals surface area contributed by atoms with Crippen LogP contribution >= 0.6 is 11.6 Å². The van der Waals surface area contributed by atoms with Crippen molar-refractivity contribution in [3.8, 4) is 0 Å². The molecule has 6 nitrogen and oxygen atoms in total. The molecule has 0 saturated carbocycles. The van der Waals surface area contributed by atoms with Crippen LogP contribution in [0.25, 0.3) is 0 Å². The lowest BCUT2D eigenvalue weighted by atomic mass is 10.2. The standard InChI is InChI=1S/C13H16ClN3O3S/c1-10-3-4-12(14)13(7-10)16-21(19,20)11-8-15-17(9-11)5-2-6-18/h3-4,7-9,16,18H,2,5-6H2,1H3. The SMILES string of the molecule is Cc1ccc(Cl)c(NS(=O)(=O)c2cnn(CCCO)c2)c1. The first-order valence-corrected chi connectivity index (χ1v) is 8.21. The average molecular weight is 330 g/mol. The third-order valence-corrected chi connectivity index (χ3v) is 4.48. The minimum Gasteiger partial charge on any atom is -0.396 e. The maximum Gasteiger partial charge on any atom is 0.265 e. The van der Waals surface area contributed by atoms with Crippen LogP contribution in [0.5, 0.6) is 0 Å². The fourth-order valence-corrected chi connectivity index (χ4v) is 3.00. The number of hydrogen-bond acceptors (Lipinski definition) is 4. The predicted molar refractivity (Wildman–Crippen MR) is 80.9 cm³/mol. The Morgan fingerprint density at radius 3 is 2.90 bits per heavy atom. The van der Waals surface area contributed by atoms with Crippen molar-refractivity contribution in [1.29, 1.82) is 0 Å². The Kier molecular flexibility index (Phi) is 4.87. The third-order valence-electron chi connectivity index (χ3n) is 2.83. The number of benzene rings is 1. The Bertz CT molecular complexity index is 728. The number of rotatable bonds is 6. The Labute approximate surface area is 128 Å². The van der Waals surface area contributed by atoms with Crippen molar-refractivity contribution in [3.63, 3.8) is 0 Å². The van der Waals surface area contributed by atoms with E-state index < -0.39 is 10.0 Å².